The number of methoxy groups -OCH3 is 1. The van der Waals surface area contributed by atoms with Gasteiger partial charge in [-0.25, -0.2) is 4.79 Å². The number of hydrogen-bond donors (Lipinski definition) is 1. The van der Waals surface area contributed by atoms with Crippen molar-refractivity contribution in [2.75, 3.05) is 20.3 Å². The number of ether oxygens (including phenoxy) is 2. The third kappa shape index (κ3) is 4.35. The van der Waals surface area contributed by atoms with E-state index in [2.05, 4.69) is 34.6 Å². The lowest BCUT2D eigenvalue weighted by molar-refractivity contribution is 0.143. The molecule has 1 heterocycles. The van der Waals surface area contributed by atoms with Crippen LogP contribution in [0.1, 0.15) is 29.2 Å². The zero-order chi connectivity index (χ0) is 20.8. The van der Waals surface area contributed by atoms with E-state index in [9.17, 15) is 4.79 Å². The number of alkyl carbamates (subject to hydrolysis) is 1. The second-order valence-electron chi connectivity index (χ2n) is 7.07. The largest absolute Gasteiger partial charge is 0.495 e. The monoisotopic (exact) mass is 400 g/mol. The van der Waals surface area contributed by atoms with Crippen molar-refractivity contribution in [2.24, 2.45) is 0 Å². The van der Waals surface area contributed by atoms with Gasteiger partial charge >= 0.3 is 6.09 Å². The minimum Gasteiger partial charge on any atom is -0.495 e. The van der Waals surface area contributed by atoms with Gasteiger partial charge in [0.2, 0.25) is 0 Å². The Morgan fingerprint density at radius 1 is 1.03 bits per heavy atom. The highest BCUT2D eigenvalue weighted by molar-refractivity contribution is 5.79. The van der Waals surface area contributed by atoms with Gasteiger partial charge in [-0.1, -0.05) is 54.6 Å². The zero-order valence-corrected chi connectivity index (χ0v) is 16.9. The van der Waals surface area contributed by atoms with E-state index < -0.39 is 6.09 Å². The van der Waals surface area contributed by atoms with Gasteiger partial charge in [0.05, 0.1) is 19.0 Å². The van der Waals surface area contributed by atoms with Gasteiger partial charge in [-0.2, -0.15) is 0 Å². The van der Waals surface area contributed by atoms with Crippen molar-refractivity contribution in [3.05, 3.63) is 89.8 Å². The van der Waals surface area contributed by atoms with Gasteiger partial charge in [0, 0.05) is 12.5 Å². The van der Waals surface area contributed by atoms with Crippen molar-refractivity contribution >= 4 is 12.2 Å². The second kappa shape index (κ2) is 9.27. The van der Waals surface area contributed by atoms with Crippen LogP contribution in [0.25, 0.3) is 17.2 Å². The minimum absolute atomic E-state index is 0.0733. The minimum atomic E-state index is -0.396. The fourth-order valence-electron chi connectivity index (χ4n) is 3.72. The molecule has 2 aromatic carbocycles. The molecule has 0 radical (unpaired) electrons. The summed E-state index contributed by atoms with van der Waals surface area (Å²) in [5.74, 6) is 0.799. The zero-order valence-electron chi connectivity index (χ0n) is 16.9. The number of nitrogens with zero attached hydrogens (tertiary/aromatic N) is 1. The first-order valence-electron chi connectivity index (χ1n) is 10.0. The van der Waals surface area contributed by atoms with E-state index in [1.165, 1.54) is 22.3 Å². The summed E-state index contributed by atoms with van der Waals surface area (Å²) in [6.45, 7) is 0.828. The van der Waals surface area contributed by atoms with Crippen LogP contribution in [0.4, 0.5) is 4.79 Å². The lowest BCUT2D eigenvalue weighted by atomic mass is 9.98. The Morgan fingerprint density at radius 2 is 1.73 bits per heavy atom. The maximum atomic E-state index is 12.1. The number of carbonyl (C=O) groups is 1. The van der Waals surface area contributed by atoms with Crippen LogP contribution in [0.5, 0.6) is 5.75 Å². The second-order valence-corrected chi connectivity index (χ2v) is 7.07. The van der Waals surface area contributed by atoms with Crippen molar-refractivity contribution in [3.8, 4) is 16.9 Å². The van der Waals surface area contributed by atoms with Crippen molar-refractivity contribution in [1.82, 2.24) is 10.3 Å². The summed E-state index contributed by atoms with van der Waals surface area (Å²) in [5.41, 5.74) is 5.71. The molecule has 1 amide bonds. The van der Waals surface area contributed by atoms with Gasteiger partial charge < -0.3 is 14.8 Å². The van der Waals surface area contributed by atoms with Gasteiger partial charge in [0.1, 0.15) is 12.4 Å². The summed E-state index contributed by atoms with van der Waals surface area (Å²) in [7, 11) is 1.61. The summed E-state index contributed by atoms with van der Waals surface area (Å²) < 4.78 is 10.6. The van der Waals surface area contributed by atoms with E-state index in [-0.39, 0.29) is 5.92 Å². The van der Waals surface area contributed by atoms with Crippen LogP contribution >= 0.6 is 0 Å². The SMILES string of the molecule is COc1ccc(C=CCCNC(=O)OCC2c3ccccc3-c3ccccc32)nc1. The molecule has 0 saturated heterocycles. The smallest absolute Gasteiger partial charge is 0.407 e. The third-order valence-corrected chi connectivity index (χ3v) is 5.21. The van der Waals surface area contributed by atoms with Crippen LogP contribution in [0, 0.1) is 0 Å². The number of aromatic nitrogens is 1. The summed E-state index contributed by atoms with van der Waals surface area (Å²) in [5, 5.41) is 2.81. The molecule has 0 bridgehead atoms. The first-order valence-corrected chi connectivity index (χ1v) is 10.0. The Hall–Kier alpha value is -3.60. The number of carbonyl (C=O) groups excluding carboxylic acids is 1. The standard InChI is InChI=1S/C25H24N2O3/c1-29-19-14-13-18(27-16-19)8-6-7-15-26-25(28)30-17-24-22-11-4-2-9-20(22)21-10-3-5-12-23(21)24/h2-6,8-14,16,24H,7,15,17H2,1H3,(H,26,28). The molecule has 0 fully saturated rings. The molecule has 0 saturated carbocycles. The fraction of sp³-hybridized carbons (Fsp3) is 0.200. The van der Waals surface area contributed by atoms with E-state index in [0.717, 1.165) is 11.4 Å². The Bertz CT molecular complexity index is 999. The third-order valence-electron chi connectivity index (χ3n) is 5.21. The normalized spacial score (nSPS) is 12.4. The number of nitrogens with one attached hydrogen (secondary N) is 1. The number of fused-ring (bicyclic) bond motifs is 3. The number of pyridine rings is 1. The van der Waals surface area contributed by atoms with Crippen LogP contribution in [0.15, 0.2) is 72.9 Å². The van der Waals surface area contributed by atoms with Crippen molar-refractivity contribution in [2.45, 2.75) is 12.3 Å². The van der Waals surface area contributed by atoms with Crippen LogP contribution in [-0.2, 0) is 4.74 Å². The highest BCUT2D eigenvalue weighted by atomic mass is 16.5. The first-order chi connectivity index (χ1) is 14.8. The number of benzene rings is 2. The Balaban J connectivity index is 1.26. The lowest BCUT2D eigenvalue weighted by Gasteiger charge is -2.14. The van der Waals surface area contributed by atoms with E-state index in [0.29, 0.717) is 19.6 Å². The highest BCUT2D eigenvalue weighted by Crippen LogP contribution is 2.44. The molecule has 0 aliphatic heterocycles. The molecule has 0 atom stereocenters. The molecule has 4 rings (SSSR count). The molecule has 1 aromatic heterocycles. The van der Waals surface area contributed by atoms with Gasteiger partial charge in [-0.3, -0.25) is 4.98 Å². The van der Waals surface area contributed by atoms with Gasteiger partial charge in [-0.05, 0) is 46.9 Å². The summed E-state index contributed by atoms with van der Waals surface area (Å²) in [6, 6.07) is 20.4. The quantitative estimate of drug-likeness (QED) is 0.565. The predicted octanol–water partition coefficient (Wildman–Crippen LogP) is 5.03. The maximum absolute atomic E-state index is 12.1. The Labute approximate surface area is 176 Å². The average molecular weight is 400 g/mol. The highest BCUT2D eigenvalue weighted by Gasteiger charge is 2.28. The molecule has 30 heavy (non-hydrogen) atoms. The van der Waals surface area contributed by atoms with Crippen LogP contribution in [0.2, 0.25) is 0 Å². The van der Waals surface area contributed by atoms with Gasteiger partial charge in [0.15, 0.2) is 0 Å². The summed E-state index contributed by atoms with van der Waals surface area (Å²) >= 11 is 0. The Morgan fingerprint density at radius 3 is 2.37 bits per heavy atom. The lowest BCUT2D eigenvalue weighted by Crippen LogP contribution is -2.26. The molecular weight excluding hydrogens is 376 g/mol. The molecule has 3 aromatic rings. The fourth-order valence-corrected chi connectivity index (χ4v) is 3.72. The van der Waals surface area contributed by atoms with E-state index in [1.54, 1.807) is 13.3 Å². The van der Waals surface area contributed by atoms with Gasteiger partial charge in [0.25, 0.3) is 0 Å². The predicted molar refractivity (Wildman–Crippen MR) is 118 cm³/mol. The Kier molecular flexibility index (Phi) is 6.09. The van der Waals surface area contributed by atoms with Crippen molar-refractivity contribution in [3.63, 3.8) is 0 Å². The van der Waals surface area contributed by atoms with Crippen LogP contribution in [-0.4, -0.2) is 31.3 Å². The van der Waals surface area contributed by atoms with Gasteiger partial charge in [-0.15, -0.1) is 0 Å². The average Bonchev–Trinajstić information content (AvgIpc) is 3.12. The van der Waals surface area contributed by atoms with E-state index in [1.807, 2.05) is 48.6 Å². The van der Waals surface area contributed by atoms with E-state index in [4.69, 9.17) is 9.47 Å². The molecule has 0 unspecified atom stereocenters. The molecule has 1 aliphatic carbocycles. The molecule has 1 N–H and O–H groups in total. The number of hydrogen-bond acceptors (Lipinski definition) is 4. The van der Waals surface area contributed by atoms with E-state index >= 15 is 0 Å². The molecule has 0 spiro atoms. The molecule has 1 aliphatic rings. The summed E-state index contributed by atoms with van der Waals surface area (Å²) in [6.07, 6.45) is 5.86. The topological polar surface area (TPSA) is 60.5 Å². The van der Waals surface area contributed by atoms with Crippen LogP contribution < -0.4 is 10.1 Å². The van der Waals surface area contributed by atoms with Crippen molar-refractivity contribution in [1.29, 1.82) is 0 Å². The summed E-state index contributed by atoms with van der Waals surface area (Å²) in [4.78, 5) is 16.4. The van der Waals surface area contributed by atoms with Crippen molar-refractivity contribution < 1.29 is 14.3 Å². The maximum Gasteiger partial charge on any atom is 0.407 e. The molecule has 5 nitrogen and oxygen atoms in total. The molecule has 5 heteroatoms. The molecular formula is C25H24N2O3. The first kappa shape index (κ1) is 19.7. The number of rotatable bonds is 7. The number of amides is 1. The van der Waals surface area contributed by atoms with Crippen LogP contribution in [0.3, 0.4) is 0 Å². The molecule has 152 valence electrons.